The molecule has 6 nitrogen and oxygen atoms in total. The van der Waals surface area contributed by atoms with E-state index in [0.29, 0.717) is 11.4 Å². The lowest BCUT2D eigenvalue weighted by Gasteiger charge is -2.15. The predicted octanol–water partition coefficient (Wildman–Crippen LogP) is 5.75. The highest BCUT2D eigenvalue weighted by molar-refractivity contribution is 7.20. The molecular weight excluding hydrogens is 467 g/mol. The van der Waals surface area contributed by atoms with Crippen molar-refractivity contribution >= 4 is 33.1 Å². The Morgan fingerprint density at radius 2 is 1.88 bits per heavy atom. The average Bonchev–Trinajstić information content (AvgIpc) is 3.36. The van der Waals surface area contributed by atoms with Crippen LogP contribution in [0, 0.1) is 6.92 Å². The fraction of sp³-hybridized carbons (Fsp3) is 0.250. The molecule has 0 aliphatic heterocycles. The number of fused-ring (bicyclic) bond motifs is 1. The number of amides is 1. The second-order valence-corrected chi connectivity index (χ2v) is 8.59. The smallest absolute Gasteiger partial charge is 0.416 e. The molecule has 0 spiro atoms. The number of carbonyl (C=O) groups is 1. The minimum atomic E-state index is -4.56. The number of thiophene rings is 1. The number of anilines is 1. The Kier molecular flexibility index (Phi) is 6.90. The first-order chi connectivity index (χ1) is 16.3. The van der Waals surface area contributed by atoms with Crippen molar-refractivity contribution in [1.29, 1.82) is 0 Å². The Labute approximate surface area is 197 Å². The molecule has 178 valence electrons. The quantitative estimate of drug-likeness (QED) is 0.320. The van der Waals surface area contributed by atoms with E-state index < -0.39 is 17.6 Å². The van der Waals surface area contributed by atoms with E-state index in [4.69, 9.17) is 9.47 Å². The Morgan fingerprint density at radius 3 is 2.59 bits per heavy atom. The summed E-state index contributed by atoms with van der Waals surface area (Å²) in [6.45, 7) is 2.77. The van der Waals surface area contributed by atoms with Crippen LogP contribution in [0.25, 0.3) is 10.2 Å². The van der Waals surface area contributed by atoms with Crippen molar-refractivity contribution in [3.05, 3.63) is 76.3 Å². The standard InChI is InChI=1S/C24H22F3N3O3S/c1-15-18-13-21(34-23(18)30(29-15)14-16-6-4-3-5-7-16)22(31)28-19-12-17(24(25,26)27)8-9-20(19)33-11-10-32-2/h3-9,12-13H,10-11,14H2,1-2H3,(H,28,31). The van der Waals surface area contributed by atoms with E-state index in [0.717, 1.165) is 33.6 Å². The number of halogens is 3. The number of nitrogens with zero attached hydrogens (tertiary/aromatic N) is 2. The van der Waals surface area contributed by atoms with Crippen molar-refractivity contribution in [2.75, 3.05) is 25.6 Å². The molecule has 0 radical (unpaired) electrons. The lowest BCUT2D eigenvalue weighted by molar-refractivity contribution is -0.137. The zero-order valence-electron chi connectivity index (χ0n) is 18.5. The molecular formula is C24H22F3N3O3S. The maximum Gasteiger partial charge on any atom is 0.416 e. The normalized spacial score (nSPS) is 11.7. The molecule has 4 aromatic rings. The Balaban J connectivity index is 1.61. The Hall–Kier alpha value is -3.37. The molecule has 0 saturated carbocycles. The second-order valence-electron chi connectivity index (χ2n) is 7.56. The summed E-state index contributed by atoms with van der Waals surface area (Å²) in [4.78, 5) is 14.2. The first kappa shape index (κ1) is 23.8. The van der Waals surface area contributed by atoms with Gasteiger partial charge in [-0.25, -0.2) is 0 Å². The third-order valence-corrected chi connectivity index (χ3v) is 6.25. The van der Waals surface area contributed by atoms with Gasteiger partial charge in [0.15, 0.2) is 0 Å². The van der Waals surface area contributed by atoms with Crippen molar-refractivity contribution in [1.82, 2.24) is 9.78 Å². The first-order valence-electron chi connectivity index (χ1n) is 10.4. The highest BCUT2D eigenvalue weighted by Gasteiger charge is 2.31. The van der Waals surface area contributed by atoms with Gasteiger partial charge in [-0.05, 0) is 36.8 Å². The topological polar surface area (TPSA) is 65.4 Å². The van der Waals surface area contributed by atoms with E-state index in [1.807, 2.05) is 41.9 Å². The van der Waals surface area contributed by atoms with Crippen LogP contribution in [0.1, 0.15) is 26.5 Å². The van der Waals surface area contributed by atoms with E-state index >= 15 is 0 Å². The van der Waals surface area contributed by atoms with Gasteiger partial charge in [0, 0.05) is 12.5 Å². The highest BCUT2D eigenvalue weighted by Crippen LogP contribution is 2.36. The van der Waals surface area contributed by atoms with Crippen LogP contribution < -0.4 is 10.1 Å². The van der Waals surface area contributed by atoms with Gasteiger partial charge in [-0.2, -0.15) is 18.3 Å². The summed E-state index contributed by atoms with van der Waals surface area (Å²) in [7, 11) is 1.49. The van der Waals surface area contributed by atoms with Gasteiger partial charge < -0.3 is 14.8 Å². The number of ether oxygens (including phenoxy) is 2. The number of aromatic nitrogens is 2. The number of carbonyl (C=O) groups excluding carboxylic acids is 1. The molecule has 1 N–H and O–H groups in total. The molecule has 0 atom stereocenters. The van der Waals surface area contributed by atoms with Crippen LogP contribution in [-0.2, 0) is 17.5 Å². The molecule has 2 aromatic carbocycles. The fourth-order valence-corrected chi connectivity index (χ4v) is 4.49. The number of nitrogens with one attached hydrogen (secondary N) is 1. The SMILES string of the molecule is COCCOc1ccc(C(F)(F)F)cc1NC(=O)c1cc2c(C)nn(Cc3ccccc3)c2s1. The summed E-state index contributed by atoms with van der Waals surface area (Å²) in [5.74, 6) is -0.395. The van der Waals surface area contributed by atoms with Gasteiger partial charge in [-0.15, -0.1) is 11.3 Å². The molecule has 0 unspecified atom stereocenters. The van der Waals surface area contributed by atoms with Crippen molar-refractivity contribution in [2.24, 2.45) is 0 Å². The van der Waals surface area contributed by atoms with Gasteiger partial charge in [0.2, 0.25) is 0 Å². The molecule has 0 aliphatic rings. The van der Waals surface area contributed by atoms with Crippen LogP contribution in [0.5, 0.6) is 5.75 Å². The summed E-state index contributed by atoms with van der Waals surface area (Å²) in [5, 5.41) is 7.97. The van der Waals surface area contributed by atoms with Crippen LogP contribution in [0.15, 0.2) is 54.6 Å². The van der Waals surface area contributed by atoms with Crippen LogP contribution in [0.4, 0.5) is 18.9 Å². The van der Waals surface area contributed by atoms with Gasteiger partial charge in [0.05, 0.1) is 35.0 Å². The second kappa shape index (κ2) is 9.86. The zero-order chi connectivity index (χ0) is 24.3. The van der Waals surface area contributed by atoms with Gasteiger partial charge in [0.25, 0.3) is 5.91 Å². The van der Waals surface area contributed by atoms with Crippen LogP contribution in [0.3, 0.4) is 0 Å². The lowest BCUT2D eigenvalue weighted by atomic mass is 10.1. The van der Waals surface area contributed by atoms with E-state index in [1.165, 1.54) is 24.5 Å². The highest BCUT2D eigenvalue weighted by atomic mass is 32.1. The molecule has 1 amide bonds. The predicted molar refractivity (Wildman–Crippen MR) is 125 cm³/mol. The minimum absolute atomic E-state index is 0.0592. The molecule has 0 aliphatic carbocycles. The fourth-order valence-electron chi connectivity index (χ4n) is 3.44. The molecule has 10 heteroatoms. The molecule has 0 bridgehead atoms. The Bertz CT molecular complexity index is 1300. The maximum atomic E-state index is 13.3. The summed E-state index contributed by atoms with van der Waals surface area (Å²) >= 11 is 1.23. The molecule has 0 fully saturated rings. The molecule has 4 rings (SSSR count). The van der Waals surface area contributed by atoms with Gasteiger partial charge in [0.1, 0.15) is 17.2 Å². The first-order valence-corrected chi connectivity index (χ1v) is 11.2. The monoisotopic (exact) mass is 489 g/mol. The van der Waals surface area contributed by atoms with Crippen molar-refractivity contribution in [2.45, 2.75) is 19.6 Å². The zero-order valence-corrected chi connectivity index (χ0v) is 19.3. The summed E-state index contributed by atoms with van der Waals surface area (Å²) in [5.41, 5.74) is 0.889. The van der Waals surface area contributed by atoms with Crippen LogP contribution in [0.2, 0.25) is 0 Å². The number of hydrogen-bond acceptors (Lipinski definition) is 5. The van der Waals surface area contributed by atoms with E-state index in [9.17, 15) is 18.0 Å². The van der Waals surface area contributed by atoms with E-state index in [2.05, 4.69) is 10.4 Å². The van der Waals surface area contributed by atoms with Crippen LogP contribution >= 0.6 is 11.3 Å². The number of hydrogen-bond donors (Lipinski definition) is 1. The van der Waals surface area contributed by atoms with Gasteiger partial charge >= 0.3 is 6.18 Å². The number of methoxy groups -OCH3 is 1. The molecule has 0 saturated heterocycles. The van der Waals surface area contributed by atoms with Crippen molar-refractivity contribution in [3.63, 3.8) is 0 Å². The summed E-state index contributed by atoms with van der Waals surface area (Å²) in [6, 6.07) is 14.5. The third kappa shape index (κ3) is 5.23. The molecule has 2 aromatic heterocycles. The Morgan fingerprint density at radius 1 is 1.12 bits per heavy atom. The minimum Gasteiger partial charge on any atom is -0.489 e. The van der Waals surface area contributed by atoms with Crippen molar-refractivity contribution in [3.8, 4) is 5.75 Å². The average molecular weight is 490 g/mol. The maximum absolute atomic E-state index is 13.3. The molecule has 2 heterocycles. The summed E-state index contributed by atoms with van der Waals surface area (Å²) < 4.78 is 52.0. The number of benzene rings is 2. The third-order valence-electron chi connectivity index (χ3n) is 5.11. The number of alkyl halides is 3. The number of aryl methyl sites for hydroxylation is 1. The largest absolute Gasteiger partial charge is 0.489 e. The molecule has 34 heavy (non-hydrogen) atoms. The van der Waals surface area contributed by atoms with E-state index in [1.54, 1.807) is 6.07 Å². The van der Waals surface area contributed by atoms with Gasteiger partial charge in [-0.1, -0.05) is 30.3 Å². The number of rotatable bonds is 8. The summed E-state index contributed by atoms with van der Waals surface area (Å²) in [6.07, 6.45) is -4.56. The lowest BCUT2D eigenvalue weighted by Crippen LogP contribution is -2.14. The van der Waals surface area contributed by atoms with Crippen molar-refractivity contribution < 1.29 is 27.4 Å². The van der Waals surface area contributed by atoms with E-state index in [-0.39, 0.29) is 24.7 Å². The van der Waals surface area contributed by atoms with Crippen LogP contribution in [-0.4, -0.2) is 36.0 Å². The van der Waals surface area contributed by atoms with Gasteiger partial charge in [-0.3, -0.25) is 9.48 Å².